The van der Waals surface area contributed by atoms with E-state index in [-0.39, 0.29) is 11.6 Å². The maximum absolute atomic E-state index is 12.7. The molecule has 0 aliphatic rings. The van der Waals surface area contributed by atoms with E-state index in [0.29, 0.717) is 35.3 Å². The molecule has 9 heteroatoms. The summed E-state index contributed by atoms with van der Waals surface area (Å²) < 4.78 is 5.56. The van der Waals surface area contributed by atoms with Gasteiger partial charge < -0.3 is 15.4 Å². The van der Waals surface area contributed by atoms with Gasteiger partial charge in [0, 0.05) is 48.6 Å². The number of nitrogens with zero attached hydrogens (tertiary/aromatic N) is 3. The van der Waals surface area contributed by atoms with Gasteiger partial charge in [-0.25, -0.2) is 9.97 Å². The minimum absolute atomic E-state index is 0.248. The number of carbonyl (C=O) groups is 2. The lowest BCUT2D eigenvalue weighted by atomic mass is 10.2. The zero-order valence-electron chi connectivity index (χ0n) is 17.7. The van der Waals surface area contributed by atoms with E-state index in [9.17, 15) is 9.59 Å². The third kappa shape index (κ3) is 6.48. The first-order valence-corrected chi connectivity index (χ1v) is 10.6. The molecule has 2 N–H and O–H groups in total. The zero-order valence-corrected chi connectivity index (χ0v) is 18.5. The van der Waals surface area contributed by atoms with Gasteiger partial charge in [0.2, 0.25) is 11.8 Å². The molecule has 0 bridgehead atoms. The van der Waals surface area contributed by atoms with Crippen LogP contribution in [-0.4, -0.2) is 48.2 Å². The molecular weight excluding hydrogens is 402 g/mol. The molecule has 2 heterocycles. The summed E-state index contributed by atoms with van der Waals surface area (Å²) in [6, 6.07) is 3.62. The molecule has 0 spiro atoms. The molecule has 0 atom stereocenters. The van der Waals surface area contributed by atoms with E-state index < -0.39 is 5.91 Å². The number of aliphatic imine (C=N–C) groups is 1. The zero-order chi connectivity index (χ0) is 21.9. The predicted molar refractivity (Wildman–Crippen MR) is 119 cm³/mol. The Morgan fingerprint density at radius 1 is 1.30 bits per heavy atom. The number of rotatable bonds is 10. The van der Waals surface area contributed by atoms with E-state index in [2.05, 4.69) is 25.6 Å². The van der Waals surface area contributed by atoms with Crippen molar-refractivity contribution in [1.29, 1.82) is 0 Å². The standard InChI is InChI=1S/C21H27N5O3S/c1-5-8-24-19(27)14(3)16(12-22-4)25-20(28)17-13-30-21(26-17)15-7-9-23-18(11-15)29-10-6-2/h7,9,11-13H,5-6,8,10H2,1-4H3,(H,24,27)(H,25,28)/b16-14-,22-12?. The van der Waals surface area contributed by atoms with E-state index in [0.717, 1.165) is 18.4 Å². The molecular formula is C21H27N5O3S. The number of allylic oxidation sites excluding steroid dienone is 1. The molecule has 0 saturated heterocycles. The smallest absolute Gasteiger partial charge is 0.275 e. The van der Waals surface area contributed by atoms with E-state index in [1.165, 1.54) is 17.6 Å². The first-order chi connectivity index (χ1) is 14.5. The van der Waals surface area contributed by atoms with Crippen LogP contribution in [0.5, 0.6) is 5.88 Å². The van der Waals surface area contributed by atoms with Crippen molar-refractivity contribution in [1.82, 2.24) is 20.6 Å². The second-order valence-corrected chi connectivity index (χ2v) is 7.26. The van der Waals surface area contributed by atoms with Gasteiger partial charge in [-0.3, -0.25) is 14.6 Å². The first kappa shape index (κ1) is 23.2. The van der Waals surface area contributed by atoms with Crippen LogP contribution in [-0.2, 0) is 4.79 Å². The van der Waals surface area contributed by atoms with Gasteiger partial charge in [0.25, 0.3) is 5.91 Å². The van der Waals surface area contributed by atoms with Gasteiger partial charge in [0.1, 0.15) is 10.7 Å². The molecule has 2 rings (SSSR count). The van der Waals surface area contributed by atoms with Crippen LogP contribution in [0.1, 0.15) is 44.1 Å². The van der Waals surface area contributed by atoms with Crippen molar-refractivity contribution in [2.75, 3.05) is 20.2 Å². The Morgan fingerprint density at radius 2 is 2.10 bits per heavy atom. The molecule has 2 aromatic rings. The molecule has 0 aliphatic carbocycles. The van der Waals surface area contributed by atoms with Gasteiger partial charge in [0.15, 0.2) is 0 Å². The lowest BCUT2D eigenvalue weighted by Gasteiger charge is -2.09. The number of carbonyl (C=O) groups excluding carboxylic acids is 2. The lowest BCUT2D eigenvalue weighted by Crippen LogP contribution is -2.31. The van der Waals surface area contributed by atoms with Gasteiger partial charge in [0.05, 0.1) is 12.3 Å². The predicted octanol–water partition coefficient (Wildman–Crippen LogP) is 3.22. The van der Waals surface area contributed by atoms with Crippen molar-refractivity contribution >= 4 is 29.4 Å². The second kappa shape index (κ2) is 11.8. The molecule has 0 aromatic carbocycles. The van der Waals surface area contributed by atoms with Crippen molar-refractivity contribution in [3.63, 3.8) is 0 Å². The average Bonchev–Trinajstić information content (AvgIpc) is 3.26. The molecule has 0 saturated carbocycles. The van der Waals surface area contributed by atoms with Crippen LogP contribution < -0.4 is 15.4 Å². The van der Waals surface area contributed by atoms with Crippen molar-refractivity contribution < 1.29 is 14.3 Å². The highest BCUT2D eigenvalue weighted by atomic mass is 32.1. The maximum atomic E-state index is 12.7. The minimum Gasteiger partial charge on any atom is -0.478 e. The highest BCUT2D eigenvalue weighted by molar-refractivity contribution is 7.13. The topological polar surface area (TPSA) is 106 Å². The number of pyridine rings is 1. The summed E-state index contributed by atoms with van der Waals surface area (Å²) in [5, 5.41) is 7.87. The number of nitrogens with one attached hydrogen (secondary N) is 2. The average molecular weight is 430 g/mol. The Balaban J connectivity index is 2.18. The van der Waals surface area contributed by atoms with Crippen LogP contribution in [0.2, 0.25) is 0 Å². The van der Waals surface area contributed by atoms with Crippen LogP contribution in [0, 0.1) is 0 Å². The van der Waals surface area contributed by atoms with Crippen LogP contribution in [0.4, 0.5) is 0 Å². The summed E-state index contributed by atoms with van der Waals surface area (Å²) in [6.07, 6.45) is 4.81. The number of hydrogen-bond acceptors (Lipinski definition) is 7. The minimum atomic E-state index is -0.411. The third-order valence-electron chi connectivity index (χ3n) is 3.96. The quantitative estimate of drug-likeness (QED) is 0.446. The molecule has 160 valence electrons. The van der Waals surface area contributed by atoms with Gasteiger partial charge in [-0.2, -0.15) is 0 Å². The molecule has 0 aliphatic heterocycles. The summed E-state index contributed by atoms with van der Waals surface area (Å²) >= 11 is 1.35. The van der Waals surface area contributed by atoms with Crippen molar-refractivity contribution in [2.24, 2.45) is 4.99 Å². The summed E-state index contributed by atoms with van der Waals surface area (Å²) in [5.41, 5.74) is 1.79. The Kier molecular flexibility index (Phi) is 9.14. The molecule has 2 aromatic heterocycles. The fraction of sp³-hybridized carbons (Fsp3) is 0.381. The highest BCUT2D eigenvalue weighted by Gasteiger charge is 2.16. The fourth-order valence-corrected chi connectivity index (χ4v) is 3.17. The monoisotopic (exact) mass is 429 g/mol. The van der Waals surface area contributed by atoms with Crippen LogP contribution in [0.15, 0.2) is 40.0 Å². The summed E-state index contributed by atoms with van der Waals surface area (Å²) in [5.74, 6) is -0.136. The first-order valence-electron chi connectivity index (χ1n) is 9.77. The molecule has 2 amide bonds. The molecule has 8 nitrogen and oxygen atoms in total. The van der Waals surface area contributed by atoms with Gasteiger partial charge >= 0.3 is 0 Å². The maximum Gasteiger partial charge on any atom is 0.275 e. The van der Waals surface area contributed by atoms with Crippen LogP contribution in [0.3, 0.4) is 0 Å². The lowest BCUT2D eigenvalue weighted by molar-refractivity contribution is -0.117. The molecule has 0 fully saturated rings. The highest BCUT2D eigenvalue weighted by Crippen LogP contribution is 2.26. The molecule has 30 heavy (non-hydrogen) atoms. The third-order valence-corrected chi connectivity index (χ3v) is 4.85. The SMILES string of the molecule is CCCNC(=O)/C(C)=C(/C=NC)NC(=O)c1csc(-c2ccnc(OCCC)c2)n1. The van der Waals surface area contributed by atoms with E-state index in [4.69, 9.17) is 4.74 Å². The summed E-state index contributed by atoms with van der Waals surface area (Å²) in [4.78, 5) is 37.5. The number of amides is 2. The van der Waals surface area contributed by atoms with Gasteiger partial charge in [-0.15, -0.1) is 11.3 Å². The van der Waals surface area contributed by atoms with Crippen molar-refractivity contribution in [3.8, 4) is 16.5 Å². The number of ether oxygens (including phenoxy) is 1. The van der Waals surface area contributed by atoms with E-state index >= 15 is 0 Å². The Hall–Kier alpha value is -3.07. The number of aromatic nitrogens is 2. The number of thiazole rings is 1. The van der Waals surface area contributed by atoms with Crippen molar-refractivity contribution in [3.05, 3.63) is 40.7 Å². The summed E-state index contributed by atoms with van der Waals surface area (Å²) in [6.45, 7) is 6.78. The number of hydrogen-bond donors (Lipinski definition) is 2. The fourth-order valence-electron chi connectivity index (χ4n) is 2.37. The van der Waals surface area contributed by atoms with Crippen LogP contribution in [0.25, 0.3) is 10.6 Å². The Bertz CT molecular complexity index is 936. The molecule has 0 radical (unpaired) electrons. The van der Waals surface area contributed by atoms with Crippen LogP contribution >= 0.6 is 11.3 Å². The summed E-state index contributed by atoms with van der Waals surface area (Å²) in [7, 11) is 1.58. The Labute approximate surface area is 180 Å². The largest absolute Gasteiger partial charge is 0.478 e. The van der Waals surface area contributed by atoms with E-state index in [1.807, 2.05) is 19.9 Å². The second-order valence-electron chi connectivity index (χ2n) is 6.41. The van der Waals surface area contributed by atoms with Gasteiger partial charge in [-0.1, -0.05) is 13.8 Å². The normalized spacial score (nSPS) is 11.9. The molecule has 0 unspecified atom stereocenters. The Morgan fingerprint density at radius 3 is 2.80 bits per heavy atom. The van der Waals surface area contributed by atoms with E-state index in [1.54, 1.807) is 31.6 Å². The van der Waals surface area contributed by atoms with Gasteiger partial charge in [-0.05, 0) is 25.8 Å². The van der Waals surface area contributed by atoms with Crippen molar-refractivity contribution in [2.45, 2.75) is 33.6 Å².